The van der Waals surface area contributed by atoms with Crippen molar-refractivity contribution in [3.05, 3.63) is 34.9 Å². The van der Waals surface area contributed by atoms with Gasteiger partial charge in [0.25, 0.3) is 5.91 Å². The van der Waals surface area contributed by atoms with Gasteiger partial charge in [0, 0.05) is 11.5 Å². The van der Waals surface area contributed by atoms with E-state index in [0.717, 1.165) is 7.11 Å². The zero-order valence-electron chi connectivity index (χ0n) is 14.0. The van der Waals surface area contributed by atoms with E-state index in [2.05, 4.69) is 4.74 Å². The summed E-state index contributed by atoms with van der Waals surface area (Å²) in [7, 11) is 0.977. The number of ether oxygens (including phenoxy) is 1. The van der Waals surface area contributed by atoms with Crippen LogP contribution in [0.5, 0.6) is 0 Å². The number of esters is 1. The lowest BCUT2D eigenvalue weighted by molar-refractivity contribution is -0.144. The number of rotatable bonds is 5. The SMILES string of the molecule is COC(=O)[C@@H](C[C@H](C)C#N)NC(=O)c1cc(C(F)(F)F)cc(C(F)(F)F)c1. The highest BCUT2D eigenvalue weighted by Crippen LogP contribution is 2.36. The van der Waals surface area contributed by atoms with Gasteiger partial charge in [0.2, 0.25) is 0 Å². The Morgan fingerprint density at radius 2 is 1.59 bits per heavy atom. The zero-order chi connectivity index (χ0) is 21.0. The van der Waals surface area contributed by atoms with Crippen LogP contribution in [-0.4, -0.2) is 25.0 Å². The first-order chi connectivity index (χ1) is 12.3. The van der Waals surface area contributed by atoms with Gasteiger partial charge in [0.05, 0.1) is 24.3 Å². The molecule has 0 saturated heterocycles. The van der Waals surface area contributed by atoms with Crippen LogP contribution < -0.4 is 5.32 Å². The molecule has 148 valence electrons. The fraction of sp³-hybridized carbons (Fsp3) is 0.438. The molecule has 0 saturated carbocycles. The number of nitrogens with one attached hydrogen (secondary N) is 1. The molecule has 0 aliphatic carbocycles. The summed E-state index contributed by atoms with van der Waals surface area (Å²) < 4.78 is 81.5. The molecule has 1 amide bonds. The van der Waals surface area contributed by atoms with Crippen LogP contribution in [0, 0.1) is 17.2 Å². The number of amides is 1. The maximum Gasteiger partial charge on any atom is 0.416 e. The number of benzene rings is 1. The second-order valence-electron chi connectivity index (χ2n) is 5.61. The highest BCUT2D eigenvalue weighted by Gasteiger charge is 2.38. The molecule has 5 nitrogen and oxygen atoms in total. The minimum absolute atomic E-state index is 0.119. The van der Waals surface area contributed by atoms with Crippen molar-refractivity contribution in [2.75, 3.05) is 7.11 Å². The minimum atomic E-state index is -5.12. The van der Waals surface area contributed by atoms with Gasteiger partial charge >= 0.3 is 18.3 Å². The van der Waals surface area contributed by atoms with Crippen LogP contribution in [0.25, 0.3) is 0 Å². The van der Waals surface area contributed by atoms with E-state index in [0.29, 0.717) is 0 Å². The predicted octanol–water partition coefficient (Wildman–Crippen LogP) is 3.55. The Balaban J connectivity index is 3.28. The zero-order valence-corrected chi connectivity index (χ0v) is 14.0. The fourth-order valence-electron chi connectivity index (χ4n) is 2.09. The summed E-state index contributed by atoms with van der Waals surface area (Å²) in [5.41, 5.74) is -4.26. The highest BCUT2D eigenvalue weighted by molar-refractivity contribution is 5.97. The summed E-state index contributed by atoms with van der Waals surface area (Å²) >= 11 is 0. The molecule has 1 rings (SSSR count). The monoisotopic (exact) mass is 396 g/mol. The van der Waals surface area contributed by atoms with Gasteiger partial charge in [-0.15, -0.1) is 0 Å². The van der Waals surface area contributed by atoms with Crippen molar-refractivity contribution in [1.29, 1.82) is 5.26 Å². The molecule has 1 aromatic rings. The van der Waals surface area contributed by atoms with Crippen molar-refractivity contribution in [3.63, 3.8) is 0 Å². The second kappa shape index (κ2) is 8.28. The van der Waals surface area contributed by atoms with Crippen LogP contribution in [0.3, 0.4) is 0 Å². The van der Waals surface area contributed by atoms with Crippen molar-refractivity contribution in [2.24, 2.45) is 5.92 Å². The second-order valence-corrected chi connectivity index (χ2v) is 5.61. The summed E-state index contributed by atoms with van der Waals surface area (Å²) in [6, 6.07) is 0.740. The van der Waals surface area contributed by atoms with Gasteiger partial charge in [-0.05, 0) is 31.5 Å². The van der Waals surface area contributed by atoms with Crippen molar-refractivity contribution < 1.29 is 40.7 Å². The normalized spacial score (nSPS) is 14.0. The van der Waals surface area contributed by atoms with E-state index in [4.69, 9.17) is 5.26 Å². The molecule has 1 N–H and O–H groups in total. The van der Waals surface area contributed by atoms with Crippen molar-refractivity contribution in [3.8, 4) is 6.07 Å². The maximum atomic E-state index is 12.9. The van der Waals surface area contributed by atoms with Gasteiger partial charge in [-0.3, -0.25) is 4.79 Å². The van der Waals surface area contributed by atoms with E-state index in [1.54, 1.807) is 6.07 Å². The summed E-state index contributed by atoms with van der Waals surface area (Å²) in [6.45, 7) is 1.41. The third kappa shape index (κ3) is 6.16. The third-order valence-electron chi connectivity index (χ3n) is 3.45. The average molecular weight is 396 g/mol. The van der Waals surface area contributed by atoms with Gasteiger partial charge in [-0.25, -0.2) is 4.79 Å². The molecule has 1 aromatic carbocycles. The molecule has 0 heterocycles. The van der Waals surface area contributed by atoms with E-state index in [1.165, 1.54) is 6.92 Å². The van der Waals surface area contributed by atoms with Crippen LogP contribution in [-0.2, 0) is 21.9 Å². The molecule has 0 aromatic heterocycles. The average Bonchev–Trinajstić information content (AvgIpc) is 2.58. The first-order valence-corrected chi connectivity index (χ1v) is 7.37. The van der Waals surface area contributed by atoms with Gasteiger partial charge in [0.15, 0.2) is 0 Å². The number of alkyl halides is 6. The van der Waals surface area contributed by atoms with Gasteiger partial charge in [-0.2, -0.15) is 31.6 Å². The fourth-order valence-corrected chi connectivity index (χ4v) is 2.09. The number of carbonyl (C=O) groups is 2. The lowest BCUT2D eigenvalue weighted by Crippen LogP contribution is -2.42. The van der Waals surface area contributed by atoms with Gasteiger partial charge in [0.1, 0.15) is 6.04 Å². The smallest absolute Gasteiger partial charge is 0.416 e. The molecule has 0 unspecified atom stereocenters. The van der Waals surface area contributed by atoms with Crippen molar-refractivity contribution in [1.82, 2.24) is 5.32 Å². The summed E-state index contributed by atoms with van der Waals surface area (Å²) in [5, 5.41) is 10.8. The highest BCUT2D eigenvalue weighted by atomic mass is 19.4. The topological polar surface area (TPSA) is 79.2 Å². The molecule has 0 spiro atoms. The lowest BCUT2D eigenvalue weighted by atomic mass is 10.0. The molecule has 0 radical (unpaired) electrons. The van der Waals surface area contributed by atoms with Crippen LogP contribution >= 0.6 is 0 Å². The Morgan fingerprint density at radius 3 is 1.96 bits per heavy atom. The van der Waals surface area contributed by atoms with Gasteiger partial charge in [-0.1, -0.05) is 0 Å². The standard InChI is InChI=1S/C16H14F6N2O3/c1-8(7-23)3-12(14(26)27-2)24-13(25)9-4-10(15(17,18)19)6-11(5-9)16(20,21)22/h4-6,8,12H,3H2,1-2H3,(H,24,25)/t8-,12+/m0/s1. The molecular weight excluding hydrogens is 382 g/mol. The molecule has 27 heavy (non-hydrogen) atoms. The molecule has 2 atom stereocenters. The molecular formula is C16H14F6N2O3. The van der Waals surface area contributed by atoms with Crippen LogP contribution in [0.4, 0.5) is 26.3 Å². The molecule has 0 aliphatic rings. The Labute approximate surface area is 149 Å². The maximum absolute atomic E-state index is 12.9. The Bertz CT molecular complexity index is 720. The molecule has 0 bridgehead atoms. The van der Waals surface area contributed by atoms with E-state index >= 15 is 0 Å². The predicted molar refractivity (Wildman–Crippen MR) is 79.1 cm³/mol. The number of hydrogen-bond donors (Lipinski definition) is 1. The number of halogens is 6. The van der Waals surface area contributed by atoms with E-state index in [9.17, 15) is 35.9 Å². The number of nitriles is 1. The van der Waals surface area contributed by atoms with Crippen LogP contribution in [0.1, 0.15) is 34.8 Å². The van der Waals surface area contributed by atoms with Gasteiger partial charge < -0.3 is 10.1 Å². The van der Waals surface area contributed by atoms with E-state index in [1.807, 2.05) is 5.32 Å². The summed E-state index contributed by atoms with van der Waals surface area (Å²) in [5.74, 6) is -3.07. The largest absolute Gasteiger partial charge is 0.467 e. The summed E-state index contributed by atoms with van der Waals surface area (Å²) in [6.07, 6.45) is -10.5. The van der Waals surface area contributed by atoms with Crippen molar-refractivity contribution in [2.45, 2.75) is 31.7 Å². The molecule has 11 heteroatoms. The third-order valence-corrected chi connectivity index (χ3v) is 3.45. The molecule has 0 fully saturated rings. The number of carbonyl (C=O) groups excluding carboxylic acids is 2. The number of methoxy groups -OCH3 is 1. The first-order valence-electron chi connectivity index (χ1n) is 7.37. The van der Waals surface area contributed by atoms with Crippen LogP contribution in [0.2, 0.25) is 0 Å². The number of hydrogen-bond acceptors (Lipinski definition) is 4. The number of nitrogens with zero attached hydrogens (tertiary/aromatic N) is 1. The molecule has 0 aliphatic heterocycles. The quantitative estimate of drug-likeness (QED) is 0.610. The Hall–Kier alpha value is -2.77. The Kier molecular flexibility index (Phi) is 6.83. The summed E-state index contributed by atoms with van der Waals surface area (Å²) in [4.78, 5) is 23.8. The Morgan fingerprint density at radius 1 is 1.11 bits per heavy atom. The van der Waals surface area contributed by atoms with E-state index < -0.39 is 52.9 Å². The first kappa shape index (κ1) is 22.3. The van der Waals surface area contributed by atoms with E-state index in [-0.39, 0.29) is 24.6 Å². The minimum Gasteiger partial charge on any atom is -0.467 e. The lowest BCUT2D eigenvalue weighted by Gasteiger charge is -2.19. The van der Waals surface area contributed by atoms with Crippen LogP contribution in [0.15, 0.2) is 18.2 Å². The van der Waals surface area contributed by atoms with Crippen molar-refractivity contribution >= 4 is 11.9 Å².